The number of nitrogens with zero attached hydrogens (tertiary/aromatic N) is 4. The molecule has 1 unspecified atom stereocenters. The minimum absolute atomic E-state index is 0.0856. The number of pyridine rings is 1. The molecule has 1 N–H and O–H groups in total. The summed E-state index contributed by atoms with van der Waals surface area (Å²) in [6.45, 7) is 1.52. The van der Waals surface area contributed by atoms with Crippen molar-refractivity contribution in [1.82, 2.24) is 25.1 Å². The number of aromatic nitrogens is 4. The lowest BCUT2D eigenvalue weighted by atomic mass is 10.0. The van der Waals surface area contributed by atoms with Crippen LogP contribution in [-0.2, 0) is 6.42 Å². The predicted molar refractivity (Wildman–Crippen MR) is 101 cm³/mol. The SMILES string of the molecule is O=C(c1cccc(Br)c1)N1CCC(Cc2nc(-c3cccnc3)n[nH]2)C1. The summed E-state index contributed by atoms with van der Waals surface area (Å²) >= 11 is 3.42. The maximum Gasteiger partial charge on any atom is 0.253 e. The summed E-state index contributed by atoms with van der Waals surface area (Å²) in [5.74, 6) is 1.99. The first-order chi connectivity index (χ1) is 12.7. The molecule has 1 saturated heterocycles. The van der Waals surface area contributed by atoms with Crippen LogP contribution in [0.5, 0.6) is 0 Å². The lowest BCUT2D eigenvalue weighted by molar-refractivity contribution is 0.0787. The number of halogens is 1. The summed E-state index contributed by atoms with van der Waals surface area (Å²) in [5, 5.41) is 7.29. The Kier molecular flexibility index (Phi) is 4.79. The van der Waals surface area contributed by atoms with Crippen molar-refractivity contribution in [2.75, 3.05) is 13.1 Å². The van der Waals surface area contributed by atoms with Crippen LogP contribution in [0.3, 0.4) is 0 Å². The monoisotopic (exact) mass is 411 g/mol. The highest BCUT2D eigenvalue weighted by atomic mass is 79.9. The normalized spacial score (nSPS) is 16.8. The fourth-order valence-corrected chi connectivity index (χ4v) is 3.67. The number of carbonyl (C=O) groups excluding carboxylic acids is 1. The van der Waals surface area contributed by atoms with E-state index < -0.39 is 0 Å². The highest BCUT2D eigenvalue weighted by molar-refractivity contribution is 9.10. The molecule has 1 atom stereocenters. The van der Waals surface area contributed by atoms with Gasteiger partial charge < -0.3 is 4.90 Å². The first kappa shape index (κ1) is 16.9. The summed E-state index contributed by atoms with van der Waals surface area (Å²) in [6, 6.07) is 11.3. The average Bonchev–Trinajstić information content (AvgIpc) is 3.32. The van der Waals surface area contributed by atoms with Gasteiger partial charge in [0.25, 0.3) is 5.91 Å². The quantitative estimate of drug-likeness (QED) is 0.714. The zero-order chi connectivity index (χ0) is 17.9. The molecule has 0 spiro atoms. The van der Waals surface area contributed by atoms with Crippen molar-refractivity contribution >= 4 is 21.8 Å². The summed E-state index contributed by atoms with van der Waals surface area (Å²) in [4.78, 5) is 23.2. The molecule has 4 rings (SSSR count). The fraction of sp³-hybridized carbons (Fsp3) is 0.263. The molecule has 0 bridgehead atoms. The lowest BCUT2D eigenvalue weighted by Gasteiger charge is -2.16. The molecule has 1 fully saturated rings. The van der Waals surface area contributed by atoms with Gasteiger partial charge in [0.15, 0.2) is 5.82 Å². The number of rotatable bonds is 4. The zero-order valence-corrected chi connectivity index (χ0v) is 15.7. The van der Waals surface area contributed by atoms with Crippen molar-refractivity contribution in [1.29, 1.82) is 0 Å². The van der Waals surface area contributed by atoms with E-state index >= 15 is 0 Å². The fourth-order valence-electron chi connectivity index (χ4n) is 3.27. The number of H-pyrrole nitrogens is 1. The van der Waals surface area contributed by atoms with E-state index in [1.807, 2.05) is 41.3 Å². The van der Waals surface area contributed by atoms with Crippen LogP contribution >= 0.6 is 15.9 Å². The molecular weight excluding hydrogens is 394 g/mol. The molecule has 1 amide bonds. The Morgan fingerprint density at radius 3 is 3.04 bits per heavy atom. The average molecular weight is 412 g/mol. The number of hydrogen-bond donors (Lipinski definition) is 1. The van der Waals surface area contributed by atoms with Crippen LogP contribution in [-0.4, -0.2) is 44.1 Å². The summed E-state index contributed by atoms with van der Waals surface area (Å²) < 4.78 is 0.920. The molecule has 3 aromatic rings. The van der Waals surface area contributed by atoms with E-state index in [9.17, 15) is 4.79 Å². The molecule has 1 aliphatic rings. The van der Waals surface area contributed by atoms with Gasteiger partial charge in [0.1, 0.15) is 5.82 Å². The highest BCUT2D eigenvalue weighted by Crippen LogP contribution is 2.23. The number of benzene rings is 1. The van der Waals surface area contributed by atoms with Gasteiger partial charge in [-0.1, -0.05) is 22.0 Å². The molecule has 26 heavy (non-hydrogen) atoms. The lowest BCUT2D eigenvalue weighted by Crippen LogP contribution is -2.29. The molecule has 0 radical (unpaired) electrons. The van der Waals surface area contributed by atoms with E-state index in [0.29, 0.717) is 11.7 Å². The third-order valence-electron chi connectivity index (χ3n) is 4.58. The van der Waals surface area contributed by atoms with E-state index in [1.54, 1.807) is 12.4 Å². The third kappa shape index (κ3) is 3.67. The topological polar surface area (TPSA) is 74.8 Å². The molecule has 2 aromatic heterocycles. The maximum atomic E-state index is 12.6. The third-order valence-corrected chi connectivity index (χ3v) is 5.07. The van der Waals surface area contributed by atoms with Crippen LogP contribution in [0.15, 0.2) is 53.3 Å². The Hall–Kier alpha value is -2.54. The van der Waals surface area contributed by atoms with Crippen molar-refractivity contribution in [2.45, 2.75) is 12.8 Å². The van der Waals surface area contributed by atoms with Gasteiger partial charge in [0.2, 0.25) is 0 Å². The van der Waals surface area contributed by atoms with Crippen molar-refractivity contribution in [3.05, 3.63) is 64.7 Å². The van der Waals surface area contributed by atoms with Crippen LogP contribution in [0.25, 0.3) is 11.4 Å². The molecule has 3 heterocycles. The largest absolute Gasteiger partial charge is 0.338 e. The Bertz CT molecular complexity index is 911. The molecule has 7 heteroatoms. The Balaban J connectivity index is 1.39. The number of hydrogen-bond acceptors (Lipinski definition) is 4. The molecule has 132 valence electrons. The van der Waals surface area contributed by atoms with Crippen molar-refractivity contribution in [2.24, 2.45) is 5.92 Å². The van der Waals surface area contributed by atoms with E-state index in [0.717, 1.165) is 47.4 Å². The number of aromatic amines is 1. The first-order valence-corrected chi connectivity index (χ1v) is 9.35. The second-order valence-electron chi connectivity index (χ2n) is 6.47. The molecule has 1 aliphatic heterocycles. The van der Waals surface area contributed by atoms with Gasteiger partial charge in [-0.05, 0) is 42.7 Å². The van der Waals surface area contributed by atoms with E-state index in [-0.39, 0.29) is 5.91 Å². The van der Waals surface area contributed by atoms with Crippen LogP contribution < -0.4 is 0 Å². The van der Waals surface area contributed by atoms with Gasteiger partial charge in [-0.15, -0.1) is 0 Å². The van der Waals surface area contributed by atoms with Gasteiger partial charge in [0.05, 0.1) is 0 Å². The van der Waals surface area contributed by atoms with Crippen molar-refractivity contribution in [3.8, 4) is 11.4 Å². The summed E-state index contributed by atoms with van der Waals surface area (Å²) in [7, 11) is 0. The molecule has 0 saturated carbocycles. The molecular formula is C19H18BrN5O. The van der Waals surface area contributed by atoms with Crippen molar-refractivity contribution in [3.63, 3.8) is 0 Å². The predicted octanol–water partition coefficient (Wildman–Crippen LogP) is 3.33. The molecule has 0 aliphatic carbocycles. The maximum absolute atomic E-state index is 12.6. The Morgan fingerprint density at radius 2 is 2.23 bits per heavy atom. The summed E-state index contributed by atoms with van der Waals surface area (Å²) in [5.41, 5.74) is 1.62. The smallest absolute Gasteiger partial charge is 0.253 e. The second-order valence-corrected chi connectivity index (χ2v) is 7.38. The number of carbonyl (C=O) groups is 1. The van der Waals surface area contributed by atoms with Gasteiger partial charge in [-0.25, -0.2) is 4.98 Å². The summed E-state index contributed by atoms with van der Waals surface area (Å²) in [6.07, 6.45) is 5.24. The Labute approximate surface area is 159 Å². The Morgan fingerprint density at radius 1 is 1.31 bits per heavy atom. The van der Waals surface area contributed by atoms with Crippen LogP contribution in [0, 0.1) is 5.92 Å². The van der Waals surface area contributed by atoms with Crippen LogP contribution in [0.1, 0.15) is 22.6 Å². The minimum Gasteiger partial charge on any atom is -0.338 e. The first-order valence-electron chi connectivity index (χ1n) is 8.55. The molecule has 6 nitrogen and oxygen atoms in total. The standard InChI is InChI=1S/C19H18BrN5O/c20-16-5-1-3-14(10-16)19(26)25-8-6-13(12-25)9-17-22-18(24-23-17)15-4-2-7-21-11-15/h1-5,7,10-11,13H,6,8-9,12H2,(H,22,23,24). The minimum atomic E-state index is 0.0856. The highest BCUT2D eigenvalue weighted by Gasteiger charge is 2.28. The van der Waals surface area contributed by atoms with Gasteiger partial charge in [-0.2, -0.15) is 5.10 Å². The molecule has 1 aromatic carbocycles. The van der Waals surface area contributed by atoms with E-state index in [4.69, 9.17) is 0 Å². The van der Waals surface area contributed by atoms with E-state index in [2.05, 4.69) is 36.1 Å². The van der Waals surface area contributed by atoms with Crippen LogP contribution in [0.4, 0.5) is 0 Å². The number of amides is 1. The second kappa shape index (κ2) is 7.37. The number of nitrogens with one attached hydrogen (secondary N) is 1. The van der Waals surface area contributed by atoms with E-state index in [1.165, 1.54) is 0 Å². The van der Waals surface area contributed by atoms with Gasteiger partial charge in [-0.3, -0.25) is 14.9 Å². The van der Waals surface area contributed by atoms with Crippen molar-refractivity contribution < 1.29 is 4.79 Å². The zero-order valence-electron chi connectivity index (χ0n) is 14.1. The van der Waals surface area contributed by atoms with Gasteiger partial charge >= 0.3 is 0 Å². The van der Waals surface area contributed by atoms with Gasteiger partial charge in [0, 0.05) is 47.5 Å². The number of likely N-dealkylation sites (tertiary alicyclic amines) is 1. The van der Waals surface area contributed by atoms with Crippen LogP contribution in [0.2, 0.25) is 0 Å².